The van der Waals surface area contributed by atoms with E-state index in [2.05, 4.69) is 10.0 Å². The zero-order valence-electron chi connectivity index (χ0n) is 16.4. The topological polar surface area (TPSA) is 96.0 Å². The molecule has 4 rings (SSSR count). The van der Waals surface area contributed by atoms with Gasteiger partial charge in [0.1, 0.15) is 5.75 Å². The van der Waals surface area contributed by atoms with Gasteiger partial charge in [0.15, 0.2) is 6.20 Å². The largest absolute Gasteiger partial charge is 0.419 e. The molecular weight excluding hydrogens is 392 g/mol. The molecule has 1 aromatic heterocycles. The first-order chi connectivity index (χ1) is 15.2. The van der Waals surface area contributed by atoms with E-state index >= 15 is 0 Å². The van der Waals surface area contributed by atoms with Gasteiger partial charge in [0.2, 0.25) is 12.3 Å². The van der Waals surface area contributed by atoms with Crippen LogP contribution in [0.25, 0.3) is 21.2 Å². The third kappa shape index (κ3) is 4.42. The van der Waals surface area contributed by atoms with E-state index < -0.39 is 5.97 Å². The second-order valence-electron chi connectivity index (χ2n) is 6.75. The van der Waals surface area contributed by atoms with Crippen LogP contribution in [0.2, 0.25) is 0 Å². The fraction of sp³-hybridized carbons (Fsp3) is 0.0417. The summed E-state index contributed by atoms with van der Waals surface area (Å²) in [5, 5.41) is 5.04. The average Bonchev–Trinajstić information content (AvgIpc) is 2.80. The van der Waals surface area contributed by atoms with Crippen LogP contribution in [0, 0.1) is 0 Å². The molecule has 0 atom stereocenters. The van der Waals surface area contributed by atoms with Crippen LogP contribution in [-0.2, 0) is 6.54 Å². The van der Waals surface area contributed by atoms with Gasteiger partial charge in [-0.1, -0.05) is 65.8 Å². The number of ketones is 1. The van der Waals surface area contributed by atoms with Crippen molar-refractivity contribution in [1.29, 1.82) is 0 Å². The molecule has 3 aromatic carbocycles. The van der Waals surface area contributed by atoms with Gasteiger partial charge < -0.3 is 4.74 Å². The number of ether oxygens (including phenoxy) is 1. The lowest BCUT2D eigenvalue weighted by Crippen LogP contribution is -2.44. The maximum Gasteiger partial charge on any atom is 0.409 e. The van der Waals surface area contributed by atoms with Crippen LogP contribution in [-0.4, -0.2) is 11.8 Å². The van der Waals surface area contributed by atoms with Gasteiger partial charge in [0, 0.05) is 22.2 Å². The second kappa shape index (κ2) is 8.90. The van der Waals surface area contributed by atoms with Crippen molar-refractivity contribution in [3.63, 3.8) is 0 Å². The van der Waals surface area contributed by atoms with Crippen molar-refractivity contribution in [2.24, 2.45) is 5.11 Å². The first kappa shape index (κ1) is 19.8. The quantitative estimate of drug-likeness (QED) is 0.0836. The molecule has 0 radical (unpaired) electrons. The number of esters is 1. The lowest BCUT2D eigenvalue weighted by molar-refractivity contribution is -0.684. The van der Waals surface area contributed by atoms with E-state index in [9.17, 15) is 9.59 Å². The molecule has 0 saturated heterocycles. The highest BCUT2D eigenvalue weighted by Gasteiger charge is 2.27. The second-order valence-corrected chi connectivity index (χ2v) is 6.75. The normalized spacial score (nSPS) is 10.3. The SMILES string of the molecule is [N-]=[N+]=Nc1cccc(OC(=O)c2c3ccccc3cc[n+]2CC(=O)c2ccccc2)c1. The summed E-state index contributed by atoms with van der Waals surface area (Å²) in [6.07, 6.45) is 1.70. The first-order valence-electron chi connectivity index (χ1n) is 9.52. The van der Waals surface area contributed by atoms with E-state index in [1.54, 1.807) is 53.2 Å². The van der Waals surface area contributed by atoms with Crippen LogP contribution in [0.4, 0.5) is 5.69 Å². The Morgan fingerprint density at radius 1 is 0.935 bits per heavy atom. The Bertz CT molecular complexity index is 1330. The number of azide groups is 1. The van der Waals surface area contributed by atoms with Gasteiger partial charge in [-0.2, -0.15) is 4.57 Å². The summed E-state index contributed by atoms with van der Waals surface area (Å²) in [7, 11) is 0. The third-order valence-corrected chi connectivity index (χ3v) is 4.73. The summed E-state index contributed by atoms with van der Waals surface area (Å²) < 4.78 is 7.16. The van der Waals surface area contributed by atoms with Gasteiger partial charge in [0.25, 0.3) is 5.69 Å². The van der Waals surface area contributed by atoms with Crippen LogP contribution in [0.15, 0.2) is 96.2 Å². The fourth-order valence-corrected chi connectivity index (χ4v) is 3.30. The molecule has 0 aliphatic carbocycles. The number of benzene rings is 3. The van der Waals surface area contributed by atoms with Gasteiger partial charge in [0.05, 0.1) is 5.39 Å². The van der Waals surface area contributed by atoms with Crippen LogP contribution in [0.1, 0.15) is 20.8 Å². The van der Waals surface area contributed by atoms with Gasteiger partial charge in [-0.15, -0.1) is 0 Å². The molecule has 0 saturated carbocycles. The van der Waals surface area contributed by atoms with Crippen molar-refractivity contribution in [3.05, 3.63) is 113 Å². The fourth-order valence-electron chi connectivity index (χ4n) is 3.30. The summed E-state index contributed by atoms with van der Waals surface area (Å²) in [6.45, 7) is -0.0158. The predicted octanol–water partition coefficient (Wildman–Crippen LogP) is 5.17. The smallest absolute Gasteiger partial charge is 0.409 e. The molecule has 7 nitrogen and oxygen atoms in total. The van der Waals surface area contributed by atoms with E-state index in [0.717, 1.165) is 5.39 Å². The van der Waals surface area contributed by atoms with E-state index in [1.165, 1.54) is 6.07 Å². The number of aromatic nitrogens is 1. The number of fused-ring (bicyclic) bond motifs is 1. The molecule has 0 unspecified atom stereocenters. The van der Waals surface area contributed by atoms with E-state index in [-0.39, 0.29) is 23.8 Å². The van der Waals surface area contributed by atoms with Crippen molar-refractivity contribution in [2.75, 3.05) is 0 Å². The third-order valence-electron chi connectivity index (χ3n) is 4.73. The first-order valence-corrected chi connectivity index (χ1v) is 9.52. The van der Waals surface area contributed by atoms with Gasteiger partial charge in [-0.05, 0) is 29.1 Å². The Hall–Kier alpha value is -4.48. The predicted molar refractivity (Wildman–Crippen MR) is 115 cm³/mol. The highest BCUT2D eigenvalue weighted by Crippen LogP contribution is 2.22. The molecule has 0 fully saturated rings. The zero-order chi connectivity index (χ0) is 21.6. The lowest BCUT2D eigenvalue weighted by Gasteiger charge is -2.08. The number of carbonyl (C=O) groups excluding carboxylic acids is 2. The Morgan fingerprint density at radius 3 is 2.52 bits per heavy atom. The Labute approximate surface area is 177 Å². The maximum absolute atomic E-state index is 13.2. The van der Waals surface area contributed by atoms with Crippen LogP contribution >= 0.6 is 0 Å². The monoisotopic (exact) mass is 409 g/mol. The molecule has 4 aromatic rings. The minimum absolute atomic E-state index is 0.0158. The molecule has 1 heterocycles. The molecule has 0 spiro atoms. The van der Waals surface area contributed by atoms with Crippen LogP contribution in [0.5, 0.6) is 5.75 Å². The molecule has 0 amide bonds. The van der Waals surface area contributed by atoms with E-state index in [4.69, 9.17) is 10.3 Å². The van der Waals surface area contributed by atoms with Crippen LogP contribution in [0.3, 0.4) is 0 Å². The molecule has 0 aliphatic rings. The van der Waals surface area contributed by atoms with E-state index in [0.29, 0.717) is 16.6 Å². The number of hydrogen-bond acceptors (Lipinski definition) is 4. The minimum atomic E-state index is -0.615. The summed E-state index contributed by atoms with van der Waals surface area (Å²) in [4.78, 5) is 28.7. The highest BCUT2D eigenvalue weighted by atomic mass is 16.5. The molecule has 0 N–H and O–H groups in total. The summed E-state index contributed by atoms with van der Waals surface area (Å²) in [5.74, 6) is -0.500. The number of hydrogen-bond donors (Lipinski definition) is 0. The summed E-state index contributed by atoms with van der Waals surface area (Å²) >= 11 is 0. The number of Topliss-reactive ketones (excluding diaryl/α,β-unsaturated/α-hetero) is 1. The number of carbonyl (C=O) groups is 2. The molecule has 31 heavy (non-hydrogen) atoms. The number of nitrogens with zero attached hydrogens (tertiary/aromatic N) is 4. The van der Waals surface area contributed by atoms with Crippen molar-refractivity contribution in [1.82, 2.24) is 0 Å². The van der Waals surface area contributed by atoms with Crippen molar-refractivity contribution in [3.8, 4) is 5.75 Å². The molecule has 0 bridgehead atoms. The van der Waals surface area contributed by atoms with E-state index in [1.807, 2.05) is 36.4 Å². The van der Waals surface area contributed by atoms with Gasteiger partial charge in [-0.25, -0.2) is 4.79 Å². The summed E-state index contributed by atoms with van der Waals surface area (Å²) in [5.41, 5.74) is 9.77. The Kier molecular flexibility index (Phi) is 5.69. The number of pyridine rings is 1. The van der Waals surface area contributed by atoms with Crippen molar-refractivity contribution < 1.29 is 18.9 Å². The Morgan fingerprint density at radius 2 is 1.71 bits per heavy atom. The van der Waals surface area contributed by atoms with Gasteiger partial charge >= 0.3 is 5.97 Å². The number of rotatable bonds is 6. The lowest BCUT2D eigenvalue weighted by atomic mass is 10.1. The zero-order valence-corrected chi connectivity index (χ0v) is 16.4. The average molecular weight is 409 g/mol. The molecule has 150 valence electrons. The standard InChI is InChI=1S/C24H17N4O3/c25-27-26-19-10-6-11-20(15-19)31-24(30)23-21-12-5-4-7-17(21)13-14-28(23)16-22(29)18-8-2-1-3-9-18/h1-15H,16H2/q+1. The summed E-state index contributed by atoms with van der Waals surface area (Å²) in [6, 6.07) is 24.5. The molecule has 0 aliphatic heterocycles. The molecular formula is C24H17N4O3+. The highest BCUT2D eigenvalue weighted by molar-refractivity contribution is 6.02. The maximum atomic E-state index is 13.2. The van der Waals surface area contributed by atoms with Crippen molar-refractivity contribution >= 4 is 28.2 Å². The van der Waals surface area contributed by atoms with Gasteiger partial charge in [-0.3, -0.25) is 4.79 Å². The van der Waals surface area contributed by atoms with Crippen LogP contribution < -0.4 is 9.30 Å². The minimum Gasteiger partial charge on any atom is -0.419 e. The molecule has 7 heteroatoms. The van der Waals surface area contributed by atoms with Crippen molar-refractivity contribution in [2.45, 2.75) is 6.54 Å². The Balaban J connectivity index is 1.73.